The van der Waals surface area contributed by atoms with Gasteiger partial charge in [0.2, 0.25) is 0 Å². The Kier molecular flexibility index (Phi) is 4.25. The zero-order valence-corrected chi connectivity index (χ0v) is 8.40. The highest BCUT2D eigenvalue weighted by Gasteiger charge is 2.02. The molecule has 0 atom stereocenters. The molecule has 0 saturated heterocycles. The van der Waals surface area contributed by atoms with Crippen molar-refractivity contribution >= 4 is 11.8 Å². The third-order valence-electron chi connectivity index (χ3n) is 1.85. The van der Waals surface area contributed by atoms with Crippen LogP contribution in [0.4, 0.5) is 4.39 Å². The Morgan fingerprint density at radius 2 is 2.23 bits per heavy atom. The standard InChI is InChI=1S/C10H13FOS/c1-13-10-7-9(11)5-4-8(10)3-2-6-12/h4-5,7,12H,2-3,6H2,1H3. The Bertz CT molecular complexity index is 276. The van der Waals surface area contributed by atoms with Crippen molar-refractivity contribution < 1.29 is 9.50 Å². The number of hydrogen-bond acceptors (Lipinski definition) is 2. The first-order chi connectivity index (χ1) is 6.27. The maximum absolute atomic E-state index is 12.8. The van der Waals surface area contributed by atoms with E-state index in [1.807, 2.05) is 6.26 Å². The van der Waals surface area contributed by atoms with Crippen molar-refractivity contribution in [2.45, 2.75) is 17.7 Å². The van der Waals surface area contributed by atoms with E-state index in [-0.39, 0.29) is 12.4 Å². The molecule has 0 saturated carbocycles. The predicted molar refractivity (Wildman–Crippen MR) is 53.6 cm³/mol. The second-order valence-corrected chi connectivity index (χ2v) is 3.63. The average molecular weight is 200 g/mol. The van der Waals surface area contributed by atoms with Crippen molar-refractivity contribution in [2.24, 2.45) is 0 Å². The molecule has 1 aromatic carbocycles. The first-order valence-electron chi connectivity index (χ1n) is 4.21. The first-order valence-corrected chi connectivity index (χ1v) is 5.43. The lowest BCUT2D eigenvalue weighted by molar-refractivity contribution is 0.288. The average Bonchev–Trinajstić information content (AvgIpc) is 2.16. The lowest BCUT2D eigenvalue weighted by Crippen LogP contribution is -1.92. The van der Waals surface area contributed by atoms with Crippen LogP contribution in [0.1, 0.15) is 12.0 Å². The summed E-state index contributed by atoms with van der Waals surface area (Å²) in [6.45, 7) is 0.186. The van der Waals surface area contributed by atoms with Crippen LogP contribution in [-0.2, 0) is 6.42 Å². The molecule has 0 aromatic heterocycles. The van der Waals surface area contributed by atoms with Crippen LogP contribution in [0.25, 0.3) is 0 Å². The van der Waals surface area contributed by atoms with Gasteiger partial charge in [-0.25, -0.2) is 4.39 Å². The van der Waals surface area contributed by atoms with Gasteiger partial charge in [0, 0.05) is 11.5 Å². The van der Waals surface area contributed by atoms with E-state index in [4.69, 9.17) is 5.11 Å². The largest absolute Gasteiger partial charge is 0.396 e. The van der Waals surface area contributed by atoms with E-state index in [1.54, 1.807) is 6.07 Å². The number of aliphatic hydroxyl groups excluding tert-OH is 1. The predicted octanol–water partition coefficient (Wildman–Crippen LogP) is 2.47. The quantitative estimate of drug-likeness (QED) is 0.753. The van der Waals surface area contributed by atoms with E-state index in [1.165, 1.54) is 23.9 Å². The topological polar surface area (TPSA) is 20.2 Å². The van der Waals surface area contributed by atoms with E-state index < -0.39 is 0 Å². The highest BCUT2D eigenvalue weighted by Crippen LogP contribution is 2.22. The summed E-state index contributed by atoms with van der Waals surface area (Å²) in [5, 5.41) is 8.66. The van der Waals surface area contributed by atoms with Gasteiger partial charge in [0.25, 0.3) is 0 Å². The van der Waals surface area contributed by atoms with Gasteiger partial charge in [-0.3, -0.25) is 0 Å². The van der Waals surface area contributed by atoms with E-state index in [2.05, 4.69) is 0 Å². The molecular weight excluding hydrogens is 187 g/mol. The molecule has 1 N–H and O–H groups in total. The third kappa shape index (κ3) is 3.01. The van der Waals surface area contributed by atoms with Crippen LogP contribution in [0.3, 0.4) is 0 Å². The van der Waals surface area contributed by atoms with Gasteiger partial charge in [-0.2, -0.15) is 0 Å². The number of aliphatic hydroxyl groups is 1. The summed E-state index contributed by atoms with van der Waals surface area (Å²) in [4.78, 5) is 0.966. The van der Waals surface area contributed by atoms with Crippen molar-refractivity contribution in [3.63, 3.8) is 0 Å². The molecule has 0 aliphatic rings. The number of thioether (sulfide) groups is 1. The van der Waals surface area contributed by atoms with Crippen LogP contribution in [0, 0.1) is 5.82 Å². The van der Waals surface area contributed by atoms with Gasteiger partial charge in [-0.05, 0) is 36.8 Å². The smallest absolute Gasteiger partial charge is 0.124 e. The van der Waals surface area contributed by atoms with E-state index in [9.17, 15) is 4.39 Å². The van der Waals surface area contributed by atoms with Gasteiger partial charge >= 0.3 is 0 Å². The lowest BCUT2D eigenvalue weighted by atomic mass is 10.1. The summed E-state index contributed by atoms with van der Waals surface area (Å²) in [6, 6.07) is 4.79. The van der Waals surface area contributed by atoms with Gasteiger partial charge in [0.15, 0.2) is 0 Å². The minimum Gasteiger partial charge on any atom is -0.396 e. The van der Waals surface area contributed by atoms with E-state index >= 15 is 0 Å². The fourth-order valence-corrected chi connectivity index (χ4v) is 1.86. The Morgan fingerprint density at radius 3 is 2.85 bits per heavy atom. The van der Waals surface area contributed by atoms with Crippen LogP contribution >= 0.6 is 11.8 Å². The molecule has 1 nitrogen and oxygen atoms in total. The molecule has 0 fully saturated rings. The van der Waals surface area contributed by atoms with Gasteiger partial charge in [0.05, 0.1) is 0 Å². The zero-order valence-electron chi connectivity index (χ0n) is 7.59. The number of halogens is 1. The van der Waals surface area contributed by atoms with Gasteiger partial charge in [-0.1, -0.05) is 6.07 Å². The summed E-state index contributed by atoms with van der Waals surface area (Å²) < 4.78 is 12.8. The second-order valence-electron chi connectivity index (χ2n) is 2.78. The van der Waals surface area contributed by atoms with Crippen LogP contribution in [0.5, 0.6) is 0 Å². The third-order valence-corrected chi connectivity index (χ3v) is 2.67. The van der Waals surface area contributed by atoms with Crippen molar-refractivity contribution in [3.8, 4) is 0 Å². The molecule has 1 aromatic rings. The fraction of sp³-hybridized carbons (Fsp3) is 0.400. The van der Waals surface area contributed by atoms with Crippen LogP contribution < -0.4 is 0 Å². The number of rotatable bonds is 4. The molecule has 0 spiro atoms. The Labute approximate surface area is 82.0 Å². The highest BCUT2D eigenvalue weighted by atomic mass is 32.2. The maximum Gasteiger partial charge on any atom is 0.124 e. The summed E-state index contributed by atoms with van der Waals surface area (Å²) in [5.74, 6) is -0.197. The van der Waals surface area contributed by atoms with E-state index in [0.717, 1.165) is 23.3 Å². The molecule has 0 radical (unpaired) electrons. The fourth-order valence-electron chi connectivity index (χ4n) is 1.19. The molecule has 0 aliphatic heterocycles. The van der Waals surface area contributed by atoms with Crippen molar-refractivity contribution in [1.29, 1.82) is 0 Å². The van der Waals surface area contributed by atoms with Crippen molar-refractivity contribution in [1.82, 2.24) is 0 Å². The molecule has 0 heterocycles. The SMILES string of the molecule is CSc1cc(F)ccc1CCCO. The van der Waals surface area contributed by atoms with Crippen molar-refractivity contribution in [3.05, 3.63) is 29.6 Å². The van der Waals surface area contributed by atoms with E-state index in [0.29, 0.717) is 0 Å². The molecule has 0 bridgehead atoms. The number of hydrogen-bond donors (Lipinski definition) is 1. The minimum atomic E-state index is -0.197. The summed E-state index contributed by atoms with van der Waals surface area (Å²) in [5.41, 5.74) is 1.11. The van der Waals surface area contributed by atoms with Crippen LogP contribution in [-0.4, -0.2) is 18.0 Å². The molecule has 3 heteroatoms. The Hall–Kier alpha value is -0.540. The molecule has 0 unspecified atom stereocenters. The normalized spacial score (nSPS) is 10.4. The maximum atomic E-state index is 12.8. The number of benzene rings is 1. The van der Waals surface area contributed by atoms with Gasteiger partial charge < -0.3 is 5.11 Å². The zero-order chi connectivity index (χ0) is 9.68. The minimum absolute atomic E-state index is 0.186. The summed E-state index contributed by atoms with van der Waals surface area (Å²) >= 11 is 1.54. The first kappa shape index (κ1) is 10.5. The van der Waals surface area contributed by atoms with Crippen LogP contribution in [0.15, 0.2) is 23.1 Å². The van der Waals surface area contributed by atoms with Gasteiger partial charge in [0.1, 0.15) is 5.82 Å². The molecule has 13 heavy (non-hydrogen) atoms. The molecular formula is C10H13FOS. The second kappa shape index (κ2) is 5.25. The lowest BCUT2D eigenvalue weighted by Gasteiger charge is -2.05. The van der Waals surface area contributed by atoms with Crippen LogP contribution in [0.2, 0.25) is 0 Å². The monoisotopic (exact) mass is 200 g/mol. The molecule has 72 valence electrons. The Balaban J connectivity index is 2.79. The molecule has 0 amide bonds. The van der Waals surface area contributed by atoms with Gasteiger partial charge in [-0.15, -0.1) is 11.8 Å². The Morgan fingerprint density at radius 1 is 1.46 bits per heavy atom. The highest BCUT2D eigenvalue weighted by molar-refractivity contribution is 7.98. The summed E-state index contributed by atoms with van der Waals surface area (Å²) in [7, 11) is 0. The summed E-state index contributed by atoms with van der Waals surface area (Å²) in [6.07, 6.45) is 3.48. The number of aryl methyl sites for hydroxylation is 1. The molecule has 1 rings (SSSR count). The van der Waals surface area contributed by atoms with Crippen molar-refractivity contribution in [2.75, 3.05) is 12.9 Å². The molecule has 0 aliphatic carbocycles.